The summed E-state index contributed by atoms with van der Waals surface area (Å²) in [5.41, 5.74) is -0.598. The minimum absolute atomic E-state index is 0.598. The average molecular weight is 215 g/mol. The molecular weight excluding hydrogens is 190 g/mol. The second kappa shape index (κ2) is 6.83. The van der Waals surface area contributed by atoms with Crippen LogP contribution in [0.1, 0.15) is 47.0 Å². The summed E-state index contributed by atoms with van der Waals surface area (Å²) in [6, 6.07) is 0. The molecule has 0 aromatic heterocycles. The molecule has 0 unspecified atom stereocenters. The van der Waals surface area contributed by atoms with Gasteiger partial charge in [0.1, 0.15) is 0 Å². The fourth-order valence-corrected chi connectivity index (χ4v) is 1.35. The number of aliphatic carboxylic acids is 1. The van der Waals surface area contributed by atoms with E-state index < -0.39 is 11.4 Å². The minimum atomic E-state index is -0.700. The number of carboxylic acid groups (broad SMARTS) is 1. The Balaban J connectivity index is 3.94. The van der Waals surface area contributed by atoms with E-state index in [1.54, 1.807) is 13.8 Å². The van der Waals surface area contributed by atoms with Crippen LogP contribution >= 0.6 is 0 Å². The van der Waals surface area contributed by atoms with Gasteiger partial charge in [-0.1, -0.05) is 20.3 Å². The van der Waals surface area contributed by atoms with Crippen molar-refractivity contribution in [3.05, 3.63) is 0 Å². The van der Waals surface area contributed by atoms with Gasteiger partial charge in [0.2, 0.25) is 0 Å². The first kappa shape index (κ1) is 14.4. The summed E-state index contributed by atoms with van der Waals surface area (Å²) in [6.07, 6.45) is 3.11. The Bertz CT molecular complexity index is 190. The van der Waals surface area contributed by atoms with Crippen LogP contribution in [0.4, 0.5) is 0 Å². The number of nitrogens with zero attached hydrogens (tertiary/aromatic N) is 1. The maximum Gasteiger partial charge on any atom is 0.309 e. The number of carbonyl (C=O) groups is 1. The van der Waals surface area contributed by atoms with Crippen molar-refractivity contribution in [2.45, 2.75) is 47.0 Å². The summed E-state index contributed by atoms with van der Waals surface area (Å²) >= 11 is 0. The molecular formula is C12H25NO2. The molecule has 0 aliphatic carbocycles. The van der Waals surface area contributed by atoms with Crippen molar-refractivity contribution in [2.75, 3.05) is 19.6 Å². The van der Waals surface area contributed by atoms with Crippen molar-refractivity contribution >= 4 is 5.97 Å². The second-order valence-corrected chi connectivity index (χ2v) is 4.73. The highest BCUT2D eigenvalue weighted by molar-refractivity contribution is 5.73. The van der Waals surface area contributed by atoms with E-state index in [4.69, 9.17) is 5.11 Å². The van der Waals surface area contributed by atoms with Crippen LogP contribution in [0.2, 0.25) is 0 Å². The number of rotatable bonds is 8. The van der Waals surface area contributed by atoms with Crippen LogP contribution in [0.25, 0.3) is 0 Å². The molecule has 0 radical (unpaired) electrons. The van der Waals surface area contributed by atoms with Gasteiger partial charge in [-0.25, -0.2) is 0 Å². The Morgan fingerprint density at radius 2 is 1.87 bits per heavy atom. The van der Waals surface area contributed by atoms with Crippen LogP contribution in [0.3, 0.4) is 0 Å². The van der Waals surface area contributed by atoms with E-state index in [0.29, 0.717) is 0 Å². The molecule has 0 fully saturated rings. The predicted octanol–water partition coefficient (Wildman–Crippen LogP) is 2.61. The maximum atomic E-state index is 10.9. The third kappa shape index (κ3) is 5.78. The Kier molecular flexibility index (Phi) is 6.57. The third-order valence-electron chi connectivity index (χ3n) is 2.91. The van der Waals surface area contributed by atoms with Crippen molar-refractivity contribution in [3.8, 4) is 0 Å². The SMILES string of the molecule is CCCCN(CC)CCC(C)(C)C(=O)O. The first-order valence-corrected chi connectivity index (χ1v) is 5.89. The molecule has 0 spiro atoms. The Morgan fingerprint density at radius 1 is 1.27 bits per heavy atom. The zero-order valence-corrected chi connectivity index (χ0v) is 10.5. The van der Waals surface area contributed by atoms with E-state index in [1.165, 1.54) is 12.8 Å². The summed E-state index contributed by atoms with van der Waals surface area (Å²) in [7, 11) is 0. The summed E-state index contributed by atoms with van der Waals surface area (Å²) in [6.45, 7) is 10.9. The smallest absolute Gasteiger partial charge is 0.309 e. The second-order valence-electron chi connectivity index (χ2n) is 4.73. The molecule has 90 valence electrons. The largest absolute Gasteiger partial charge is 0.481 e. The molecule has 15 heavy (non-hydrogen) atoms. The summed E-state index contributed by atoms with van der Waals surface area (Å²) in [5.74, 6) is -0.700. The van der Waals surface area contributed by atoms with E-state index in [0.717, 1.165) is 26.1 Å². The molecule has 0 saturated carbocycles. The predicted molar refractivity (Wildman–Crippen MR) is 63.1 cm³/mol. The minimum Gasteiger partial charge on any atom is -0.481 e. The summed E-state index contributed by atoms with van der Waals surface area (Å²) < 4.78 is 0. The van der Waals surface area contributed by atoms with Gasteiger partial charge >= 0.3 is 5.97 Å². The third-order valence-corrected chi connectivity index (χ3v) is 2.91. The van der Waals surface area contributed by atoms with Gasteiger partial charge in [0.15, 0.2) is 0 Å². The topological polar surface area (TPSA) is 40.5 Å². The fraction of sp³-hybridized carbons (Fsp3) is 0.917. The van der Waals surface area contributed by atoms with Crippen molar-refractivity contribution < 1.29 is 9.90 Å². The normalized spacial score (nSPS) is 12.1. The molecule has 3 heteroatoms. The molecule has 0 aliphatic rings. The highest BCUT2D eigenvalue weighted by Crippen LogP contribution is 2.20. The molecule has 0 bridgehead atoms. The molecule has 0 amide bonds. The molecule has 0 aromatic carbocycles. The zero-order valence-electron chi connectivity index (χ0n) is 10.5. The molecule has 0 aliphatic heterocycles. The van der Waals surface area contributed by atoms with Crippen LogP contribution in [0.5, 0.6) is 0 Å². The molecule has 0 rings (SSSR count). The summed E-state index contributed by atoms with van der Waals surface area (Å²) in [4.78, 5) is 13.2. The van der Waals surface area contributed by atoms with Crippen molar-refractivity contribution in [3.63, 3.8) is 0 Å². The number of carboxylic acids is 1. The molecule has 0 atom stereocenters. The highest BCUT2D eigenvalue weighted by Gasteiger charge is 2.27. The quantitative estimate of drug-likeness (QED) is 0.676. The Hall–Kier alpha value is -0.570. The van der Waals surface area contributed by atoms with E-state index >= 15 is 0 Å². The van der Waals surface area contributed by atoms with Crippen LogP contribution in [0, 0.1) is 5.41 Å². The molecule has 0 heterocycles. The van der Waals surface area contributed by atoms with E-state index in [1.807, 2.05) is 0 Å². The van der Waals surface area contributed by atoms with Gasteiger partial charge in [0.05, 0.1) is 5.41 Å². The Morgan fingerprint density at radius 3 is 2.27 bits per heavy atom. The van der Waals surface area contributed by atoms with Crippen LogP contribution in [0.15, 0.2) is 0 Å². The molecule has 1 N–H and O–H groups in total. The van der Waals surface area contributed by atoms with E-state index in [9.17, 15) is 4.79 Å². The maximum absolute atomic E-state index is 10.9. The number of unbranched alkanes of at least 4 members (excludes halogenated alkanes) is 1. The standard InChI is InChI=1S/C12H25NO2/c1-5-7-9-13(6-2)10-8-12(3,4)11(14)15/h5-10H2,1-4H3,(H,14,15). The van der Waals surface area contributed by atoms with Gasteiger partial charge in [-0.2, -0.15) is 0 Å². The lowest BCUT2D eigenvalue weighted by Crippen LogP contribution is -2.32. The monoisotopic (exact) mass is 215 g/mol. The van der Waals surface area contributed by atoms with Crippen molar-refractivity contribution in [1.29, 1.82) is 0 Å². The lowest BCUT2D eigenvalue weighted by Gasteiger charge is -2.25. The Labute approximate surface area is 93.5 Å². The van der Waals surface area contributed by atoms with Crippen molar-refractivity contribution in [2.24, 2.45) is 5.41 Å². The first-order valence-electron chi connectivity index (χ1n) is 5.89. The van der Waals surface area contributed by atoms with Crippen molar-refractivity contribution in [1.82, 2.24) is 4.90 Å². The van der Waals surface area contributed by atoms with Gasteiger partial charge in [0.25, 0.3) is 0 Å². The molecule has 0 aromatic rings. The first-order chi connectivity index (χ1) is 6.94. The van der Waals surface area contributed by atoms with Gasteiger partial charge < -0.3 is 10.0 Å². The van der Waals surface area contributed by atoms with Crippen LogP contribution in [-0.2, 0) is 4.79 Å². The van der Waals surface area contributed by atoms with Crippen LogP contribution in [-0.4, -0.2) is 35.6 Å². The number of hydrogen-bond acceptors (Lipinski definition) is 2. The lowest BCUT2D eigenvalue weighted by molar-refractivity contribution is -0.147. The average Bonchev–Trinajstić information content (AvgIpc) is 2.18. The number of hydrogen-bond donors (Lipinski definition) is 1. The summed E-state index contributed by atoms with van der Waals surface area (Å²) in [5, 5.41) is 8.98. The molecule has 0 saturated heterocycles. The van der Waals surface area contributed by atoms with E-state index in [-0.39, 0.29) is 0 Å². The zero-order chi connectivity index (χ0) is 11.9. The van der Waals surface area contributed by atoms with Gasteiger partial charge in [-0.05, 0) is 46.3 Å². The highest BCUT2D eigenvalue weighted by atomic mass is 16.4. The van der Waals surface area contributed by atoms with Gasteiger partial charge in [-0.3, -0.25) is 4.79 Å². The van der Waals surface area contributed by atoms with Gasteiger partial charge in [0, 0.05) is 0 Å². The molecule has 3 nitrogen and oxygen atoms in total. The fourth-order valence-electron chi connectivity index (χ4n) is 1.35. The lowest BCUT2D eigenvalue weighted by atomic mass is 9.89. The van der Waals surface area contributed by atoms with Crippen LogP contribution < -0.4 is 0 Å². The van der Waals surface area contributed by atoms with E-state index in [2.05, 4.69) is 18.7 Å². The van der Waals surface area contributed by atoms with Gasteiger partial charge in [-0.15, -0.1) is 0 Å².